The van der Waals surface area contributed by atoms with Gasteiger partial charge in [0, 0.05) is 21.3 Å². The Labute approximate surface area is 211 Å². The van der Waals surface area contributed by atoms with E-state index in [2.05, 4.69) is 5.32 Å². The number of ether oxygens (including phenoxy) is 2. The summed E-state index contributed by atoms with van der Waals surface area (Å²) in [6, 6.07) is 16.7. The van der Waals surface area contributed by atoms with E-state index < -0.39 is 5.91 Å². The Kier molecular flexibility index (Phi) is 8.49. The van der Waals surface area contributed by atoms with Crippen molar-refractivity contribution in [1.29, 1.82) is 5.26 Å². The van der Waals surface area contributed by atoms with Crippen LogP contribution in [0.3, 0.4) is 0 Å². The van der Waals surface area contributed by atoms with Crippen LogP contribution in [-0.4, -0.2) is 13.0 Å². The molecule has 3 aromatic rings. The number of methoxy groups -OCH3 is 1. The summed E-state index contributed by atoms with van der Waals surface area (Å²) >= 11 is 24.0. The molecule has 0 fully saturated rings. The Morgan fingerprint density at radius 3 is 2.42 bits per heavy atom. The molecule has 0 aromatic heterocycles. The van der Waals surface area contributed by atoms with Gasteiger partial charge in [-0.2, -0.15) is 5.26 Å². The van der Waals surface area contributed by atoms with Crippen LogP contribution in [0.4, 0.5) is 5.69 Å². The van der Waals surface area contributed by atoms with Crippen LogP contribution in [0.25, 0.3) is 6.08 Å². The minimum atomic E-state index is -0.590. The number of benzene rings is 3. The summed E-state index contributed by atoms with van der Waals surface area (Å²) in [6.07, 6.45) is 1.44. The third-order valence-corrected chi connectivity index (χ3v) is 5.77. The summed E-state index contributed by atoms with van der Waals surface area (Å²) in [7, 11) is 1.49. The van der Waals surface area contributed by atoms with Crippen LogP contribution < -0.4 is 14.8 Å². The summed E-state index contributed by atoms with van der Waals surface area (Å²) in [5, 5.41) is 13.8. The molecule has 0 radical (unpaired) electrons. The van der Waals surface area contributed by atoms with Gasteiger partial charge in [-0.15, -0.1) is 0 Å². The molecular weight excluding hydrogens is 506 g/mol. The van der Waals surface area contributed by atoms with Crippen molar-refractivity contribution in [2.24, 2.45) is 0 Å². The Hall–Kier alpha value is -2.88. The van der Waals surface area contributed by atoms with E-state index >= 15 is 0 Å². The summed E-state index contributed by atoms with van der Waals surface area (Å²) in [4.78, 5) is 12.5. The molecule has 0 atom stereocenters. The van der Waals surface area contributed by atoms with Gasteiger partial charge < -0.3 is 14.8 Å². The van der Waals surface area contributed by atoms with Crippen LogP contribution in [0.2, 0.25) is 20.1 Å². The van der Waals surface area contributed by atoms with Gasteiger partial charge in [0.25, 0.3) is 5.91 Å². The molecule has 33 heavy (non-hydrogen) atoms. The molecule has 0 bridgehead atoms. The van der Waals surface area contributed by atoms with E-state index in [1.54, 1.807) is 48.5 Å². The van der Waals surface area contributed by atoms with E-state index in [0.717, 1.165) is 5.56 Å². The maximum absolute atomic E-state index is 12.5. The van der Waals surface area contributed by atoms with Crippen LogP contribution in [-0.2, 0) is 11.4 Å². The molecular formula is C24H16Cl4N2O3. The highest BCUT2D eigenvalue weighted by Crippen LogP contribution is 2.31. The van der Waals surface area contributed by atoms with Gasteiger partial charge in [0.1, 0.15) is 18.2 Å². The van der Waals surface area contributed by atoms with Crippen molar-refractivity contribution >= 4 is 64.1 Å². The number of hydrogen-bond donors (Lipinski definition) is 1. The highest BCUT2D eigenvalue weighted by atomic mass is 35.5. The summed E-state index contributed by atoms with van der Waals surface area (Å²) in [6.45, 7) is 0.205. The van der Waals surface area contributed by atoms with Crippen molar-refractivity contribution in [3.8, 4) is 17.6 Å². The van der Waals surface area contributed by atoms with Gasteiger partial charge >= 0.3 is 0 Å². The lowest BCUT2D eigenvalue weighted by Crippen LogP contribution is -2.13. The predicted octanol–water partition coefficient (Wildman–Crippen LogP) is 7.43. The number of rotatable bonds is 7. The molecule has 3 aromatic carbocycles. The van der Waals surface area contributed by atoms with Crippen molar-refractivity contribution in [3.63, 3.8) is 0 Å². The maximum Gasteiger partial charge on any atom is 0.266 e. The number of amides is 1. The van der Waals surface area contributed by atoms with Gasteiger partial charge in [-0.1, -0.05) is 58.5 Å². The fraction of sp³-hybridized carbons (Fsp3) is 0.0833. The third kappa shape index (κ3) is 6.56. The molecule has 0 aliphatic heterocycles. The molecule has 1 N–H and O–H groups in total. The van der Waals surface area contributed by atoms with E-state index in [9.17, 15) is 10.1 Å². The van der Waals surface area contributed by atoms with Gasteiger partial charge in [-0.05, 0) is 54.1 Å². The molecule has 0 saturated carbocycles. The molecule has 1 amide bonds. The van der Waals surface area contributed by atoms with Gasteiger partial charge in [0.15, 0.2) is 11.5 Å². The van der Waals surface area contributed by atoms with Crippen molar-refractivity contribution in [2.75, 3.05) is 12.4 Å². The quantitative estimate of drug-likeness (QED) is 0.259. The van der Waals surface area contributed by atoms with E-state index in [-0.39, 0.29) is 17.2 Å². The second-order valence-corrected chi connectivity index (χ2v) is 8.35. The average Bonchev–Trinajstić information content (AvgIpc) is 2.79. The van der Waals surface area contributed by atoms with Gasteiger partial charge in [0.05, 0.1) is 17.2 Å². The number of carbonyl (C=O) groups excluding carboxylic acids is 1. The van der Waals surface area contributed by atoms with E-state index in [0.29, 0.717) is 37.8 Å². The first kappa shape index (κ1) is 24.8. The monoisotopic (exact) mass is 520 g/mol. The number of nitrogens with one attached hydrogen (secondary N) is 1. The zero-order valence-electron chi connectivity index (χ0n) is 17.2. The predicted molar refractivity (Wildman–Crippen MR) is 132 cm³/mol. The number of carbonyl (C=O) groups is 1. The third-order valence-electron chi connectivity index (χ3n) is 4.44. The summed E-state index contributed by atoms with van der Waals surface area (Å²) in [5.74, 6) is 0.308. The minimum Gasteiger partial charge on any atom is -0.493 e. The zero-order valence-corrected chi connectivity index (χ0v) is 20.2. The first-order valence-corrected chi connectivity index (χ1v) is 10.9. The van der Waals surface area contributed by atoms with Crippen LogP contribution in [0.5, 0.6) is 11.5 Å². The molecule has 3 rings (SSSR count). The van der Waals surface area contributed by atoms with E-state index in [1.165, 1.54) is 19.3 Å². The fourth-order valence-corrected chi connectivity index (χ4v) is 3.54. The zero-order chi connectivity index (χ0) is 24.0. The fourth-order valence-electron chi connectivity index (χ4n) is 2.78. The number of nitrogens with zero attached hydrogens (tertiary/aromatic N) is 1. The second kappa shape index (κ2) is 11.3. The van der Waals surface area contributed by atoms with E-state index in [4.69, 9.17) is 55.9 Å². The van der Waals surface area contributed by atoms with Gasteiger partial charge in [0.2, 0.25) is 0 Å². The molecule has 168 valence electrons. The standard InChI is InChI=1S/C24H16Cl4N2O3/c1-32-23-9-14(2-7-22(23)33-13-15-3-4-17(25)10-20(15)27)8-16(12-29)24(31)30-18-5-6-19(26)21(28)11-18/h2-11H,13H2,1H3,(H,30,31)/b16-8+. The SMILES string of the molecule is COc1cc(/C=C(\C#N)C(=O)Nc2ccc(Cl)c(Cl)c2)ccc1OCc1ccc(Cl)cc1Cl. The minimum absolute atomic E-state index is 0.107. The Balaban J connectivity index is 1.76. The van der Waals surface area contributed by atoms with Crippen LogP contribution in [0, 0.1) is 11.3 Å². The van der Waals surface area contributed by atoms with Crippen molar-refractivity contribution in [2.45, 2.75) is 6.61 Å². The second-order valence-electron chi connectivity index (χ2n) is 6.69. The average molecular weight is 522 g/mol. The molecule has 9 heteroatoms. The lowest BCUT2D eigenvalue weighted by molar-refractivity contribution is -0.112. The molecule has 0 spiro atoms. The number of halogens is 4. The highest BCUT2D eigenvalue weighted by Gasteiger charge is 2.13. The topological polar surface area (TPSA) is 71.3 Å². The number of nitriles is 1. The Morgan fingerprint density at radius 1 is 0.970 bits per heavy atom. The maximum atomic E-state index is 12.5. The van der Waals surface area contributed by atoms with Gasteiger partial charge in [-0.3, -0.25) is 4.79 Å². The number of anilines is 1. The van der Waals surface area contributed by atoms with Gasteiger partial charge in [-0.25, -0.2) is 0 Å². The van der Waals surface area contributed by atoms with Crippen molar-refractivity contribution in [1.82, 2.24) is 0 Å². The van der Waals surface area contributed by atoms with Crippen LogP contribution in [0.1, 0.15) is 11.1 Å². The Morgan fingerprint density at radius 2 is 1.76 bits per heavy atom. The molecule has 0 unspecified atom stereocenters. The molecule has 0 saturated heterocycles. The summed E-state index contributed by atoms with van der Waals surface area (Å²) < 4.78 is 11.2. The normalized spacial score (nSPS) is 11.0. The smallest absolute Gasteiger partial charge is 0.266 e. The molecule has 0 heterocycles. The molecule has 0 aliphatic rings. The molecule has 5 nitrogen and oxygen atoms in total. The van der Waals surface area contributed by atoms with Crippen molar-refractivity contribution < 1.29 is 14.3 Å². The van der Waals surface area contributed by atoms with Crippen LogP contribution >= 0.6 is 46.4 Å². The molecule has 0 aliphatic carbocycles. The lowest BCUT2D eigenvalue weighted by Gasteiger charge is -2.12. The largest absolute Gasteiger partial charge is 0.493 e. The van der Waals surface area contributed by atoms with E-state index in [1.807, 2.05) is 6.07 Å². The Bertz CT molecular complexity index is 1270. The first-order chi connectivity index (χ1) is 15.8. The first-order valence-electron chi connectivity index (χ1n) is 9.43. The summed E-state index contributed by atoms with van der Waals surface area (Å²) in [5.41, 5.74) is 1.64. The van der Waals surface area contributed by atoms with Crippen molar-refractivity contribution in [3.05, 3.63) is 91.4 Å². The van der Waals surface area contributed by atoms with Crippen LogP contribution in [0.15, 0.2) is 60.2 Å². The number of hydrogen-bond acceptors (Lipinski definition) is 4. The highest BCUT2D eigenvalue weighted by molar-refractivity contribution is 6.42. The lowest BCUT2D eigenvalue weighted by atomic mass is 10.1.